The largest absolute Gasteiger partial charge is 0.394 e. The van der Waals surface area contributed by atoms with E-state index in [9.17, 15) is 4.39 Å². The smallest absolute Gasteiger partial charge is 0.224 e. The summed E-state index contributed by atoms with van der Waals surface area (Å²) in [7, 11) is 1.80. The molecule has 0 aliphatic carbocycles. The van der Waals surface area contributed by atoms with E-state index in [0.717, 1.165) is 0 Å². The number of hydrogen-bond acceptors (Lipinski definition) is 4. The lowest BCUT2D eigenvalue weighted by Crippen LogP contribution is -2.25. The summed E-state index contributed by atoms with van der Waals surface area (Å²) in [6.45, 7) is 3.64. The third-order valence-electron chi connectivity index (χ3n) is 3.36. The van der Waals surface area contributed by atoms with Crippen LogP contribution in [0, 0.1) is 12.7 Å². The van der Waals surface area contributed by atoms with E-state index in [1.54, 1.807) is 37.1 Å². The highest BCUT2D eigenvalue weighted by molar-refractivity contribution is 6.28. The van der Waals surface area contributed by atoms with Crippen LogP contribution in [-0.2, 0) is 0 Å². The van der Waals surface area contributed by atoms with Gasteiger partial charge in [-0.15, -0.1) is 0 Å². The number of benzene rings is 1. The van der Waals surface area contributed by atoms with Crippen LogP contribution in [0.5, 0.6) is 0 Å². The van der Waals surface area contributed by atoms with Crippen LogP contribution in [0.4, 0.5) is 15.9 Å². The predicted octanol–water partition coefficient (Wildman–Crippen LogP) is 3.36. The molecule has 0 saturated heterocycles. The Hall–Kier alpha value is -1.88. The Balaban J connectivity index is 2.41. The summed E-state index contributed by atoms with van der Waals surface area (Å²) >= 11 is 5.87. The Morgan fingerprint density at radius 2 is 1.95 bits per heavy atom. The molecule has 0 aliphatic heterocycles. The highest BCUT2D eigenvalue weighted by Gasteiger charge is 2.20. The minimum atomic E-state index is -0.262. The molecule has 2 N–H and O–H groups in total. The Bertz CT molecular complexity index is 633. The third kappa shape index (κ3) is 2.67. The van der Waals surface area contributed by atoms with Crippen LogP contribution in [0.3, 0.4) is 0 Å². The quantitative estimate of drug-likeness (QED) is 0.882. The van der Waals surface area contributed by atoms with Crippen molar-refractivity contribution in [3.8, 4) is 0 Å². The number of rotatable bonds is 3. The van der Waals surface area contributed by atoms with Crippen LogP contribution in [0.2, 0.25) is 5.28 Å². The van der Waals surface area contributed by atoms with Gasteiger partial charge in [0.15, 0.2) is 5.82 Å². The second-order valence-electron chi connectivity index (χ2n) is 4.62. The SMILES string of the molecule is Cc1nc(Cl)nc(N(C)C(C)c2ccccc2F)c1N. The van der Waals surface area contributed by atoms with Crippen molar-refractivity contribution in [3.05, 3.63) is 46.6 Å². The molecule has 2 aromatic rings. The summed E-state index contributed by atoms with van der Waals surface area (Å²) in [5.74, 6) is 0.237. The molecule has 20 heavy (non-hydrogen) atoms. The van der Waals surface area contributed by atoms with E-state index in [1.165, 1.54) is 6.07 Å². The molecule has 2 rings (SSSR count). The van der Waals surface area contributed by atoms with Crippen molar-refractivity contribution in [2.45, 2.75) is 19.9 Å². The molecule has 106 valence electrons. The van der Waals surface area contributed by atoms with Crippen LogP contribution in [0.15, 0.2) is 24.3 Å². The van der Waals surface area contributed by atoms with Gasteiger partial charge in [0.2, 0.25) is 5.28 Å². The average molecular weight is 295 g/mol. The molecule has 0 fully saturated rings. The monoisotopic (exact) mass is 294 g/mol. The highest BCUT2D eigenvalue weighted by Crippen LogP contribution is 2.31. The fraction of sp³-hybridized carbons (Fsp3) is 0.286. The average Bonchev–Trinajstić information content (AvgIpc) is 2.42. The number of nitrogen functional groups attached to an aromatic ring is 1. The van der Waals surface area contributed by atoms with Crippen molar-refractivity contribution >= 4 is 23.1 Å². The number of halogens is 2. The second-order valence-corrected chi connectivity index (χ2v) is 4.96. The van der Waals surface area contributed by atoms with Gasteiger partial charge in [-0.25, -0.2) is 9.37 Å². The van der Waals surface area contributed by atoms with Crippen molar-refractivity contribution in [3.63, 3.8) is 0 Å². The molecule has 1 atom stereocenters. The number of aryl methyl sites for hydroxylation is 1. The van der Waals surface area contributed by atoms with Gasteiger partial charge in [0, 0.05) is 12.6 Å². The molecule has 0 amide bonds. The van der Waals surface area contributed by atoms with Crippen LogP contribution in [-0.4, -0.2) is 17.0 Å². The van der Waals surface area contributed by atoms with Gasteiger partial charge in [-0.2, -0.15) is 4.98 Å². The van der Waals surface area contributed by atoms with Gasteiger partial charge in [-0.05, 0) is 31.5 Å². The zero-order chi connectivity index (χ0) is 14.9. The lowest BCUT2D eigenvalue weighted by molar-refractivity contribution is 0.584. The van der Waals surface area contributed by atoms with Gasteiger partial charge in [0.1, 0.15) is 5.82 Å². The first-order valence-corrected chi connectivity index (χ1v) is 6.56. The number of anilines is 2. The van der Waals surface area contributed by atoms with Crippen molar-refractivity contribution in [2.75, 3.05) is 17.7 Å². The van der Waals surface area contributed by atoms with Crippen molar-refractivity contribution in [1.82, 2.24) is 9.97 Å². The molecule has 1 aromatic heterocycles. The van der Waals surface area contributed by atoms with E-state index < -0.39 is 0 Å². The Kier molecular flexibility index (Phi) is 4.09. The molecular formula is C14H16ClFN4. The molecule has 6 heteroatoms. The van der Waals surface area contributed by atoms with Gasteiger partial charge >= 0.3 is 0 Å². The first-order chi connectivity index (χ1) is 9.41. The van der Waals surface area contributed by atoms with Gasteiger partial charge in [-0.3, -0.25) is 0 Å². The van der Waals surface area contributed by atoms with Crippen LogP contribution >= 0.6 is 11.6 Å². The lowest BCUT2D eigenvalue weighted by atomic mass is 10.1. The van der Waals surface area contributed by atoms with E-state index in [1.807, 2.05) is 6.92 Å². The minimum Gasteiger partial charge on any atom is -0.394 e. The van der Waals surface area contributed by atoms with Crippen LogP contribution in [0.25, 0.3) is 0 Å². The van der Waals surface area contributed by atoms with Crippen molar-refractivity contribution in [1.29, 1.82) is 0 Å². The van der Waals surface area contributed by atoms with E-state index >= 15 is 0 Å². The Morgan fingerprint density at radius 1 is 1.30 bits per heavy atom. The zero-order valence-corrected chi connectivity index (χ0v) is 12.3. The molecule has 0 saturated carbocycles. The van der Waals surface area contributed by atoms with Crippen LogP contribution < -0.4 is 10.6 Å². The zero-order valence-electron chi connectivity index (χ0n) is 11.6. The molecule has 1 aromatic carbocycles. The highest BCUT2D eigenvalue weighted by atomic mass is 35.5. The van der Waals surface area contributed by atoms with Crippen molar-refractivity contribution in [2.24, 2.45) is 0 Å². The van der Waals surface area contributed by atoms with E-state index in [0.29, 0.717) is 22.8 Å². The maximum Gasteiger partial charge on any atom is 0.224 e. The van der Waals surface area contributed by atoms with E-state index in [4.69, 9.17) is 17.3 Å². The van der Waals surface area contributed by atoms with Crippen molar-refractivity contribution < 1.29 is 4.39 Å². The normalized spacial score (nSPS) is 12.2. The lowest BCUT2D eigenvalue weighted by Gasteiger charge is -2.28. The minimum absolute atomic E-state index is 0.124. The second kappa shape index (κ2) is 5.63. The number of aromatic nitrogens is 2. The third-order valence-corrected chi connectivity index (χ3v) is 3.53. The van der Waals surface area contributed by atoms with E-state index in [-0.39, 0.29) is 17.1 Å². The number of hydrogen-bond donors (Lipinski definition) is 1. The molecule has 1 unspecified atom stereocenters. The predicted molar refractivity (Wildman–Crippen MR) is 79.4 cm³/mol. The summed E-state index contributed by atoms with van der Waals surface area (Å²) in [5, 5.41) is 0.124. The summed E-state index contributed by atoms with van der Waals surface area (Å²) < 4.78 is 13.9. The van der Waals surface area contributed by atoms with Gasteiger partial charge in [-0.1, -0.05) is 18.2 Å². The Labute approximate surface area is 122 Å². The molecule has 1 heterocycles. The van der Waals surface area contributed by atoms with Gasteiger partial charge < -0.3 is 10.6 Å². The number of nitrogens with zero attached hydrogens (tertiary/aromatic N) is 3. The summed E-state index contributed by atoms with van der Waals surface area (Å²) in [5.41, 5.74) is 7.61. The summed E-state index contributed by atoms with van der Waals surface area (Å²) in [4.78, 5) is 9.92. The molecule has 0 radical (unpaired) electrons. The molecule has 4 nitrogen and oxygen atoms in total. The first kappa shape index (κ1) is 14.5. The standard InChI is InChI=1S/C14H16ClFN4/c1-8-12(17)13(19-14(15)18-8)20(3)9(2)10-6-4-5-7-11(10)16/h4-7,9H,17H2,1-3H3. The Morgan fingerprint density at radius 3 is 2.60 bits per heavy atom. The topological polar surface area (TPSA) is 55.0 Å². The maximum atomic E-state index is 13.9. The fourth-order valence-corrected chi connectivity index (χ4v) is 2.21. The fourth-order valence-electron chi connectivity index (χ4n) is 2.01. The molecular weight excluding hydrogens is 279 g/mol. The molecule has 0 aliphatic rings. The van der Waals surface area contributed by atoms with Crippen LogP contribution in [0.1, 0.15) is 24.2 Å². The first-order valence-electron chi connectivity index (χ1n) is 6.18. The number of nitrogens with two attached hydrogens (primary N) is 1. The summed E-state index contributed by atoms with van der Waals surface area (Å²) in [6, 6.07) is 6.39. The van der Waals surface area contributed by atoms with Gasteiger partial charge in [0.05, 0.1) is 17.4 Å². The maximum absolute atomic E-state index is 13.9. The summed E-state index contributed by atoms with van der Waals surface area (Å²) in [6.07, 6.45) is 0. The molecule has 0 spiro atoms. The van der Waals surface area contributed by atoms with E-state index in [2.05, 4.69) is 9.97 Å². The van der Waals surface area contributed by atoms with Gasteiger partial charge in [0.25, 0.3) is 0 Å². The molecule has 0 bridgehead atoms.